The van der Waals surface area contributed by atoms with Crippen LogP contribution in [-0.4, -0.2) is 30.8 Å². The Morgan fingerprint density at radius 1 is 1.29 bits per heavy atom. The Balaban J connectivity index is 2.41. The Morgan fingerprint density at radius 2 is 1.86 bits per heavy atom. The minimum atomic E-state index is -3.52. The second kappa shape index (κ2) is 5.65. The highest BCUT2D eigenvalue weighted by atomic mass is 32.3. The molecule has 2 rings (SSSR count). The van der Waals surface area contributed by atoms with Crippen LogP contribution in [0.1, 0.15) is 25.8 Å². The summed E-state index contributed by atoms with van der Waals surface area (Å²) in [6.07, 6.45) is 1.90. The Hall–Kier alpha value is -1.01. The monoisotopic (exact) mass is 328 g/mol. The van der Waals surface area contributed by atoms with E-state index in [1.807, 2.05) is 6.92 Å². The Morgan fingerprint density at radius 3 is 2.29 bits per heavy atom. The summed E-state index contributed by atoms with van der Waals surface area (Å²) >= 11 is 1.26. The number of hydrogen-bond donors (Lipinski definition) is 0. The number of cyclic esters (lactones) is 1. The van der Waals surface area contributed by atoms with Crippen LogP contribution >= 0.6 is 11.8 Å². The first-order valence-corrected chi connectivity index (χ1v) is 9.57. The molecule has 1 aliphatic heterocycles. The van der Waals surface area contributed by atoms with Gasteiger partial charge in [-0.2, -0.15) is 0 Å². The van der Waals surface area contributed by atoms with Gasteiger partial charge in [0.05, 0.1) is 11.3 Å². The van der Waals surface area contributed by atoms with Crippen LogP contribution in [0.2, 0.25) is 0 Å². The van der Waals surface area contributed by atoms with Crippen molar-refractivity contribution in [1.29, 1.82) is 0 Å². The molecule has 0 N–H and O–H groups in total. The molecule has 1 aromatic rings. The van der Waals surface area contributed by atoms with Gasteiger partial charge >= 0.3 is 5.97 Å². The molecule has 1 fully saturated rings. The maximum absolute atomic E-state index is 12.9. The van der Waals surface area contributed by atoms with Gasteiger partial charge in [0, 0.05) is 5.92 Å². The van der Waals surface area contributed by atoms with Crippen LogP contribution in [0.5, 0.6) is 0 Å². The predicted octanol–water partition coefficient (Wildman–Crippen LogP) is 2.80. The molecule has 1 saturated heterocycles. The van der Waals surface area contributed by atoms with E-state index in [2.05, 4.69) is 0 Å². The van der Waals surface area contributed by atoms with Crippen molar-refractivity contribution in [3.05, 3.63) is 29.8 Å². The summed E-state index contributed by atoms with van der Waals surface area (Å²) in [5.74, 6) is -0.686. The molecule has 1 aromatic carbocycles. The van der Waals surface area contributed by atoms with Crippen LogP contribution in [0, 0.1) is 12.8 Å². The number of esters is 1. The van der Waals surface area contributed by atoms with E-state index in [0.29, 0.717) is 4.90 Å². The van der Waals surface area contributed by atoms with E-state index >= 15 is 0 Å². The number of ether oxygens (including phenoxy) is 1. The van der Waals surface area contributed by atoms with Crippen molar-refractivity contribution in [2.75, 3.05) is 6.26 Å². The largest absolute Gasteiger partial charge is 0.459 e. The van der Waals surface area contributed by atoms with Crippen molar-refractivity contribution in [3.8, 4) is 0 Å². The first-order valence-electron chi connectivity index (χ1n) is 6.73. The van der Waals surface area contributed by atoms with Crippen LogP contribution in [0.3, 0.4) is 0 Å². The number of carbonyl (C=O) groups excluding carboxylic acids is 1. The van der Waals surface area contributed by atoms with Gasteiger partial charge in [-0.05, 0) is 39.2 Å². The highest BCUT2D eigenvalue weighted by molar-refractivity contribution is 8.13. The average Bonchev–Trinajstić information content (AvgIpc) is 2.64. The summed E-state index contributed by atoms with van der Waals surface area (Å²) in [5, 5.41) is 0. The summed E-state index contributed by atoms with van der Waals surface area (Å²) in [4.78, 5) is 11.9. The van der Waals surface area contributed by atoms with Gasteiger partial charge in [-0.25, -0.2) is 8.42 Å². The second-order valence-corrected chi connectivity index (χ2v) is 9.20. The molecule has 2 atom stereocenters. The quantitative estimate of drug-likeness (QED) is 0.795. The predicted molar refractivity (Wildman–Crippen MR) is 83.9 cm³/mol. The van der Waals surface area contributed by atoms with Gasteiger partial charge in [-0.15, -0.1) is 11.8 Å². The summed E-state index contributed by atoms with van der Waals surface area (Å²) in [5.41, 5.74) is 0.247. The topological polar surface area (TPSA) is 60.4 Å². The maximum atomic E-state index is 12.9. The highest BCUT2D eigenvalue weighted by Gasteiger charge is 2.50. The molecule has 6 heteroatoms. The zero-order valence-corrected chi connectivity index (χ0v) is 14.3. The number of thioether (sulfide) groups is 1. The minimum Gasteiger partial charge on any atom is -0.459 e. The van der Waals surface area contributed by atoms with Crippen LogP contribution in [-0.2, 0) is 19.4 Å². The maximum Gasteiger partial charge on any atom is 0.306 e. The number of hydrogen-bond acceptors (Lipinski definition) is 5. The van der Waals surface area contributed by atoms with Crippen molar-refractivity contribution >= 4 is 27.6 Å². The van der Waals surface area contributed by atoms with Crippen molar-refractivity contribution in [2.45, 2.75) is 42.3 Å². The number of rotatable bonds is 4. The number of sulfone groups is 1. The minimum absolute atomic E-state index is 0.142. The van der Waals surface area contributed by atoms with Gasteiger partial charge in [0.25, 0.3) is 0 Å². The molecule has 0 spiro atoms. The van der Waals surface area contributed by atoms with Crippen LogP contribution in [0.15, 0.2) is 29.2 Å². The van der Waals surface area contributed by atoms with Crippen molar-refractivity contribution in [3.63, 3.8) is 0 Å². The molecule has 2 unspecified atom stereocenters. The standard InChI is InChI=1S/C15H20O4S2/c1-10-5-7-11(8-6-10)21(17,18)14(20-4)12-9-13(16)19-15(12,2)3/h5-8,12,14H,9H2,1-4H3. The van der Waals surface area contributed by atoms with Gasteiger partial charge in [0.1, 0.15) is 10.2 Å². The molecule has 0 bridgehead atoms. The fourth-order valence-corrected chi connectivity index (χ4v) is 6.37. The molecular formula is C15H20O4S2. The number of benzene rings is 1. The molecular weight excluding hydrogens is 308 g/mol. The van der Waals surface area contributed by atoms with Gasteiger partial charge in [0.2, 0.25) is 0 Å². The van der Waals surface area contributed by atoms with Gasteiger partial charge in [0.15, 0.2) is 9.84 Å². The molecule has 0 radical (unpaired) electrons. The molecule has 21 heavy (non-hydrogen) atoms. The first kappa shape index (κ1) is 16.4. The summed E-state index contributed by atoms with van der Waals surface area (Å²) in [6.45, 7) is 5.46. The van der Waals surface area contributed by atoms with E-state index in [-0.39, 0.29) is 18.3 Å². The summed E-state index contributed by atoms with van der Waals surface area (Å²) in [6, 6.07) is 6.81. The lowest BCUT2D eigenvalue weighted by Crippen LogP contribution is -2.38. The van der Waals surface area contributed by atoms with E-state index in [1.165, 1.54) is 11.8 Å². The van der Waals surface area contributed by atoms with Crippen molar-refractivity contribution in [2.24, 2.45) is 5.92 Å². The first-order chi connectivity index (χ1) is 9.68. The molecule has 4 nitrogen and oxygen atoms in total. The summed E-state index contributed by atoms with van der Waals surface area (Å²) < 4.78 is 30.3. The van der Waals surface area contributed by atoms with E-state index < -0.39 is 20.0 Å². The third-order valence-corrected chi connectivity index (χ3v) is 7.87. The SMILES string of the molecule is CSC(C1CC(=O)OC1(C)C)S(=O)(=O)c1ccc(C)cc1. The van der Waals surface area contributed by atoms with Crippen LogP contribution in [0.25, 0.3) is 0 Å². The number of aryl methyl sites for hydroxylation is 1. The normalized spacial score (nSPS) is 22.9. The molecule has 0 aliphatic carbocycles. The van der Waals surface area contributed by atoms with Crippen molar-refractivity contribution < 1.29 is 17.9 Å². The molecule has 0 amide bonds. The Bertz CT molecular complexity index is 632. The third kappa shape index (κ3) is 3.11. The third-order valence-electron chi connectivity index (χ3n) is 3.87. The second-order valence-electron chi connectivity index (χ2n) is 5.85. The Labute approximate surface area is 130 Å². The zero-order valence-electron chi connectivity index (χ0n) is 12.6. The molecule has 0 aromatic heterocycles. The van der Waals surface area contributed by atoms with E-state index in [9.17, 15) is 13.2 Å². The van der Waals surface area contributed by atoms with E-state index in [4.69, 9.17) is 4.74 Å². The fourth-order valence-electron chi connectivity index (χ4n) is 2.63. The fraction of sp³-hybridized carbons (Fsp3) is 0.533. The lowest BCUT2D eigenvalue weighted by molar-refractivity contribution is -0.146. The lowest BCUT2D eigenvalue weighted by Gasteiger charge is -2.30. The Kier molecular flexibility index (Phi) is 4.40. The van der Waals surface area contributed by atoms with Gasteiger partial charge < -0.3 is 4.74 Å². The smallest absolute Gasteiger partial charge is 0.306 e. The summed E-state index contributed by atoms with van der Waals surface area (Å²) in [7, 11) is -3.52. The molecule has 116 valence electrons. The molecule has 1 heterocycles. The van der Waals surface area contributed by atoms with Crippen LogP contribution in [0.4, 0.5) is 0 Å². The van der Waals surface area contributed by atoms with E-state index in [0.717, 1.165) is 5.56 Å². The zero-order chi connectivity index (χ0) is 15.8. The number of carbonyl (C=O) groups is 1. The highest BCUT2D eigenvalue weighted by Crippen LogP contribution is 2.42. The van der Waals surface area contributed by atoms with Gasteiger partial charge in [-0.3, -0.25) is 4.79 Å². The van der Waals surface area contributed by atoms with Gasteiger partial charge in [-0.1, -0.05) is 17.7 Å². The van der Waals surface area contributed by atoms with E-state index in [1.54, 1.807) is 44.4 Å². The molecule has 1 aliphatic rings. The lowest BCUT2D eigenvalue weighted by atomic mass is 9.92. The molecule has 0 saturated carbocycles. The average molecular weight is 328 g/mol. The van der Waals surface area contributed by atoms with Crippen LogP contribution < -0.4 is 0 Å². The van der Waals surface area contributed by atoms with Crippen molar-refractivity contribution in [1.82, 2.24) is 0 Å².